The number of rotatable bonds is 7. The minimum Gasteiger partial charge on any atom is -0.481 e. The number of anilines is 1. The normalized spacial score (nSPS) is 10.7. The van der Waals surface area contributed by atoms with Crippen LogP contribution in [-0.2, 0) is 16.0 Å². The Morgan fingerprint density at radius 2 is 1.81 bits per heavy atom. The largest absolute Gasteiger partial charge is 0.481 e. The molecule has 144 valence electrons. The maximum Gasteiger partial charge on any atom is 0.303 e. The lowest BCUT2D eigenvalue weighted by Gasteiger charge is -2.14. The topological polar surface area (TPSA) is 75.6 Å². The maximum absolute atomic E-state index is 11.8. The third kappa shape index (κ3) is 6.13. The second-order valence-corrected chi connectivity index (χ2v) is 7.84. The Hall–Kier alpha value is -1.76. The number of carbonyl (C=O) groups excluding carboxylic acids is 1. The zero-order chi connectivity index (χ0) is 20.1. The van der Waals surface area contributed by atoms with Crippen LogP contribution in [0.25, 0.3) is 0 Å². The van der Waals surface area contributed by atoms with Gasteiger partial charge in [0.05, 0.1) is 15.7 Å². The molecule has 27 heavy (non-hydrogen) atoms. The Morgan fingerprint density at radius 3 is 2.33 bits per heavy atom. The summed E-state index contributed by atoms with van der Waals surface area (Å²) >= 11 is 15.9. The van der Waals surface area contributed by atoms with Crippen LogP contribution in [0.5, 0.6) is 11.5 Å². The summed E-state index contributed by atoms with van der Waals surface area (Å²) in [4.78, 5) is 22.5. The molecule has 2 aromatic carbocycles. The monoisotopic (exact) mass is 473 g/mol. The first-order valence-corrected chi connectivity index (χ1v) is 9.70. The van der Waals surface area contributed by atoms with Crippen molar-refractivity contribution >= 4 is 56.7 Å². The van der Waals surface area contributed by atoms with E-state index in [1.807, 2.05) is 13.8 Å². The molecule has 8 heteroatoms. The van der Waals surface area contributed by atoms with E-state index in [4.69, 9.17) is 33.0 Å². The summed E-state index contributed by atoms with van der Waals surface area (Å²) < 4.78 is 6.44. The molecule has 2 rings (SSSR count). The van der Waals surface area contributed by atoms with E-state index in [1.54, 1.807) is 30.3 Å². The van der Waals surface area contributed by atoms with Gasteiger partial charge in [-0.05, 0) is 58.2 Å². The average molecular weight is 475 g/mol. The highest BCUT2D eigenvalue weighted by atomic mass is 79.9. The third-order valence-electron chi connectivity index (χ3n) is 3.63. The molecule has 0 aromatic heterocycles. The molecular weight excluding hydrogens is 457 g/mol. The highest BCUT2D eigenvalue weighted by Crippen LogP contribution is 2.39. The molecule has 0 saturated carbocycles. The Labute approximate surface area is 175 Å². The van der Waals surface area contributed by atoms with Crippen molar-refractivity contribution in [2.24, 2.45) is 5.92 Å². The van der Waals surface area contributed by atoms with Crippen molar-refractivity contribution in [2.75, 3.05) is 5.32 Å². The molecular formula is C19H18BrCl2NO4. The fourth-order valence-electron chi connectivity index (χ4n) is 2.16. The van der Waals surface area contributed by atoms with E-state index in [2.05, 4.69) is 21.2 Å². The van der Waals surface area contributed by atoms with Gasteiger partial charge in [-0.25, -0.2) is 0 Å². The number of aryl methyl sites for hydroxylation is 1. The summed E-state index contributed by atoms with van der Waals surface area (Å²) in [6, 6.07) is 8.37. The molecule has 1 amide bonds. The Balaban J connectivity index is 2.18. The van der Waals surface area contributed by atoms with E-state index in [0.717, 1.165) is 0 Å². The summed E-state index contributed by atoms with van der Waals surface area (Å²) in [5.74, 6) is -0.357. The Kier molecular flexibility index (Phi) is 7.53. The molecule has 0 unspecified atom stereocenters. The number of hydrogen-bond donors (Lipinski definition) is 2. The molecule has 0 aliphatic rings. The van der Waals surface area contributed by atoms with Gasteiger partial charge in [0.25, 0.3) is 0 Å². The van der Waals surface area contributed by atoms with Gasteiger partial charge in [0.1, 0.15) is 5.75 Å². The SMILES string of the molecule is CC(C)C(=O)Nc1ccc(Oc2c(Cl)cc(CCC(=O)O)cc2Cl)cc1Br. The Bertz CT molecular complexity index is 848. The van der Waals surface area contributed by atoms with Crippen molar-refractivity contribution < 1.29 is 19.4 Å². The first-order chi connectivity index (χ1) is 12.7. The summed E-state index contributed by atoms with van der Waals surface area (Å²) in [7, 11) is 0. The number of benzene rings is 2. The number of halogens is 3. The van der Waals surface area contributed by atoms with Gasteiger partial charge in [-0.2, -0.15) is 0 Å². The van der Waals surface area contributed by atoms with Gasteiger partial charge >= 0.3 is 5.97 Å². The van der Waals surface area contributed by atoms with Crippen LogP contribution in [0.15, 0.2) is 34.8 Å². The molecule has 0 saturated heterocycles. The fraction of sp³-hybridized carbons (Fsp3) is 0.263. The van der Waals surface area contributed by atoms with E-state index in [1.165, 1.54) is 0 Å². The molecule has 5 nitrogen and oxygen atoms in total. The highest BCUT2D eigenvalue weighted by molar-refractivity contribution is 9.10. The van der Waals surface area contributed by atoms with Gasteiger partial charge in [-0.3, -0.25) is 9.59 Å². The molecule has 0 aliphatic heterocycles. The number of carboxylic acid groups (broad SMARTS) is 1. The highest BCUT2D eigenvalue weighted by Gasteiger charge is 2.14. The van der Waals surface area contributed by atoms with Gasteiger partial charge in [-0.15, -0.1) is 0 Å². The van der Waals surface area contributed by atoms with Crippen molar-refractivity contribution in [1.29, 1.82) is 0 Å². The predicted molar refractivity (Wildman–Crippen MR) is 110 cm³/mol. The molecule has 0 atom stereocenters. The molecule has 0 heterocycles. The van der Waals surface area contributed by atoms with Crippen LogP contribution in [0.3, 0.4) is 0 Å². The predicted octanol–water partition coefficient (Wildman–Crippen LogP) is 6.16. The Morgan fingerprint density at radius 1 is 1.19 bits per heavy atom. The summed E-state index contributed by atoms with van der Waals surface area (Å²) in [6.07, 6.45) is 0.314. The molecule has 2 aromatic rings. The van der Waals surface area contributed by atoms with Gasteiger partial charge in [0, 0.05) is 16.8 Å². The second-order valence-electron chi connectivity index (χ2n) is 6.17. The summed E-state index contributed by atoms with van der Waals surface area (Å²) in [5.41, 5.74) is 1.34. The number of carboxylic acids is 1. The van der Waals surface area contributed by atoms with Gasteiger partial charge in [-0.1, -0.05) is 37.0 Å². The first kappa shape index (κ1) is 21.5. The van der Waals surface area contributed by atoms with Crippen molar-refractivity contribution in [3.63, 3.8) is 0 Å². The first-order valence-electron chi connectivity index (χ1n) is 8.15. The number of ether oxygens (including phenoxy) is 1. The number of nitrogens with one attached hydrogen (secondary N) is 1. The molecule has 0 fully saturated rings. The van der Waals surface area contributed by atoms with E-state index in [9.17, 15) is 9.59 Å². The van der Waals surface area contributed by atoms with Gasteiger partial charge in [0.15, 0.2) is 5.75 Å². The number of carbonyl (C=O) groups is 2. The second kappa shape index (κ2) is 9.44. The molecule has 2 N–H and O–H groups in total. The minimum absolute atomic E-state index is 0.0105. The van der Waals surface area contributed by atoms with Crippen LogP contribution in [0, 0.1) is 5.92 Å². The van der Waals surface area contributed by atoms with Gasteiger partial charge in [0.2, 0.25) is 5.91 Å². The molecule has 0 radical (unpaired) electrons. The smallest absolute Gasteiger partial charge is 0.303 e. The molecule has 0 aliphatic carbocycles. The lowest BCUT2D eigenvalue weighted by molar-refractivity contribution is -0.137. The lowest BCUT2D eigenvalue weighted by atomic mass is 10.1. The standard InChI is InChI=1S/C19H18BrCl2NO4/c1-10(2)19(26)23-16-5-4-12(9-13(16)20)27-18-14(21)7-11(8-15(18)22)3-6-17(24)25/h4-5,7-10H,3,6H2,1-2H3,(H,23,26)(H,24,25). The van der Waals surface area contributed by atoms with E-state index < -0.39 is 5.97 Å². The van der Waals surface area contributed by atoms with Crippen molar-refractivity contribution in [3.05, 3.63) is 50.4 Å². The van der Waals surface area contributed by atoms with E-state index >= 15 is 0 Å². The van der Waals surface area contributed by atoms with Crippen LogP contribution < -0.4 is 10.1 Å². The number of amides is 1. The quantitative estimate of drug-likeness (QED) is 0.503. The van der Waals surface area contributed by atoms with Crippen LogP contribution in [-0.4, -0.2) is 17.0 Å². The van der Waals surface area contributed by atoms with Crippen molar-refractivity contribution in [1.82, 2.24) is 0 Å². The van der Waals surface area contributed by atoms with E-state index in [-0.39, 0.29) is 34.0 Å². The molecule has 0 bridgehead atoms. The van der Waals surface area contributed by atoms with Crippen molar-refractivity contribution in [3.8, 4) is 11.5 Å². The lowest BCUT2D eigenvalue weighted by Crippen LogP contribution is -2.17. The van der Waals surface area contributed by atoms with Crippen LogP contribution >= 0.6 is 39.1 Å². The maximum atomic E-state index is 11.8. The van der Waals surface area contributed by atoms with Crippen LogP contribution in [0.1, 0.15) is 25.8 Å². The van der Waals surface area contributed by atoms with Crippen LogP contribution in [0.4, 0.5) is 5.69 Å². The molecule has 0 spiro atoms. The average Bonchev–Trinajstić information content (AvgIpc) is 2.58. The van der Waals surface area contributed by atoms with Crippen molar-refractivity contribution in [2.45, 2.75) is 26.7 Å². The minimum atomic E-state index is -0.892. The van der Waals surface area contributed by atoms with E-state index in [0.29, 0.717) is 27.9 Å². The summed E-state index contributed by atoms with van der Waals surface area (Å²) in [5, 5.41) is 12.2. The van der Waals surface area contributed by atoms with Crippen LogP contribution in [0.2, 0.25) is 10.0 Å². The third-order valence-corrected chi connectivity index (χ3v) is 4.85. The fourth-order valence-corrected chi connectivity index (χ4v) is 3.23. The summed E-state index contributed by atoms with van der Waals surface area (Å²) in [6.45, 7) is 3.62. The van der Waals surface area contributed by atoms with Gasteiger partial charge < -0.3 is 15.2 Å². The zero-order valence-corrected chi connectivity index (χ0v) is 17.8. The zero-order valence-electron chi connectivity index (χ0n) is 14.7. The number of hydrogen-bond acceptors (Lipinski definition) is 3. The number of aliphatic carboxylic acids is 1.